The minimum atomic E-state index is -0.193. The number of phenols is 2. The van der Waals surface area contributed by atoms with Gasteiger partial charge in [-0.15, -0.1) is 0 Å². The Morgan fingerprint density at radius 1 is 0.808 bits per heavy atom. The quantitative estimate of drug-likeness (QED) is 0.592. The number of hydrogen-bond donors (Lipinski definition) is 2. The van der Waals surface area contributed by atoms with E-state index in [1.165, 1.54) is 49.7 Å². The Balaban J connectivity index is 2.02. The first-order valence-corrected chi connectivity index (χ1v) is 10.5. The van der Waals surface area contributed by atoms with E-state index in [4.69, 9.17) is 0 Å². The molecular formula is C24H36O2. The summed E-state index contributed by atoms with van der Waals surface area (Å²) >= 11 is 0. The second-order valence-electron chi connectivity index (χ2n) is 11.7. The molecule has 0 saturated heterocycles. The van der Waals surface area contributed by atoms with Gasteiger partial charge in [0.15, 0.2) is 11.5 Å². The van der Waals surface area contributed by atoms with E-state index in [1.54, 1.807) is 0 Å². The van der Waals surface area contributed by atoms with Gasteiger partial charge in [0.25, 0.3) is 0 Å². The van der Waals surface area contributed by atoms with Crippen molar-refractivity contribution in [1.82, 2.24) is 0 Å². The summed E-state index contributed by atoms with van der Waals surface area (Å²) in [6.07, 6.45) is 8.07. The van der Waals surface area contributed by atoms with Crippen LogP contribution in [0.3, 0.4) is 0 Å². The molecule has 4 aliphatic rings. The first-order valence-electron chi connectivity index (χ1n) is 10.5. The van der Waals surface area contributed by atoms with Crippen molar-refractivity contribution in [3.05, 3.63) is 22.8 Å². The minimum Gasteiger partial charge on any atom is -0.504 e. The normalized spacial score (nSPS) is 33.7. The van der Waals surface area contributed by atoms with Gasteiger partial charge in [0.1, 0.15) is 0 Å². The number of hydrogen-bond acceptors (Lipinski definition) is 2. The van der Waals surface area contributed by atoms with Crippen molar-refractivity contribution < 1.29 is 10.2 Å². The Hall–Kier alpha value is -1.18. The average Bonchev–Trinajstić information content (AvgIpc) is 2.45. The summed E-state index contributed by atoms with van der Waals surface area (Å²) in [6, 6.07) is 1.87. The van der Waals surface area contributed by atoms with Crippen LogP contribution in [-0.2, 0) is 16.2 Å². The highest BCUT2D eigenvalue weighted by Crippen LogP contribution is 2.64. The van der Waals surface area contributed by atoms with E-state index in [-0.39, 0.29) is 27.7 Å². The van der Waals surface area contributed by atoms with E-state index < -0.39 is 0 Å². The van der Waals surface area contributed by atoms with Crippen molar-refractivity contribution in [3.8, 4) is 11.5 Å². The lowest BCUT2D eigenvalue weighted by Crippen LogP contribution is -2.50. The molecular weight excluding hydrogens is 320 g/mol. The molecule has 0 spiro atoms. The second kappa shape index (κ2) is 5.42. The monoisotopic (exact) mass is 356 g/mol. The third-order valence-electron chi connectivity index (χ3n) is 7.41. The second-order valence-corrected chi connectivity index (χ2v) is 11.7. The molecule has 0 atom stereocenters. The van der Waals surface area contributed by atoms with Crippen molar-refractivity contribution in [2.75, 3.05) is 0 Å². The molecule has 2 nitrogen and oxygen atoms in total. The smallest absolute Gasteiger partial charge is 0.161 e. The molecule has 2 heteroatoms. The lowest BCUT2D eigenvalue weighted by molar-refractivity contribution is -0.00685. The van der Waals surface area contributed by atoms with Crippen LogP contribution in [-0.4, -0.2) is 10.2 Å². The number of rotatable bonds is 1. The Kier molecular flexibility index (Phi) is 3.80. The summed E-state index contributed by atoms with van der Waals surface area (Å²) in [6.45, 7) is 13.3. The highest BCUT2D eigenvalue weighted by Gasteiger charge is 2.54. The molecule has 4 saturated carbocycles. The minimum absolute atomic E-state index is 0.0494. The molecule has 0 aliphatic heterocycles. The zero-order valence-electron chi connectivity index (χ0n) is 17.4. The molecule has 1 aromatic rings. The molecule has 0 heterocycles. The fraction of sp³-hybridized carbons (Fsp3) is 0.750. The molecule has 0 aromatic heterocycles. The summed E-state index contributed by atoms with van der Waals surface area (Å²) < 4.78 is 0. The van der Waals surface area contributed by atoms with Gasteiger partial charge in [-0.2, -0.15) is 0 Å². The maximum absolute atomic E-state index is 11.0. The summed E-state index contributed by atoms with van der Waals surface area (Å²) in [5, 5.41) is 21.5. The van der Waals surface area contributed by atoms with E-state index in [0.29, 0.717) is 0 Å². The first-order chi connectivity index (χ1) is 11.9. The number of benzene rings is 1. The molecule has 5 rings (SSSR count). The Morgan fingerprint density at radius 3 is 1.65 bits per heavy atom. The summed E-state index contributed by atoms with van der Waals surface area (Å²) in [7, 11) is 0. The van der Waals surface area contributed by atoms with E-state index >= 15 is 0 Å². The fourth-order valence-electron chi connectivity index (χ4n) is 6.95. The third-order valence-corrected chi connectivity index (χ3v) is 7.41. The molecule has 2 N–H and O–H groups in total. The maximum atomic E-state index is 11.0. The van der Waals surface area contributed by atoms with Crippen LogP contribution < -0.4 is 0 Å². The lowest BCUT2D eigenvalue weighted by atomic mass is 9.46. The highest BCUT2D eigenvalue weighted by molar-refractivity contribution is 5.60. The van der Waals surface area contributed by atoms with Gasteiger partial charge in [0.05, 0.1) is 0 Å². The summed E-state index contributed by atoms with van der Waals surface area (Å²) in [5.41, 5.74) is 3.60. The van der Waals surface area contributed by atoms with Crippen molar-refractivity contribution in [1.29, 1.82) is 0 Å². The third kappa shape index (κ3) is 2.67. The Bertz CT molecular complexity index is 695. The molecule has 0 radical (unpaired) electrons. The zero-order chi connectivity index (χ0) is 19.1. The van der Waals surface area contributed by atoms with E-state index in [0.717, 1.165) is 23.3 Å². The van der Waals surface area contributed by atoms with Gasteiger partial charge in [-0.3, -0.25) is 0 Å². The molecule has 4 fully saturated rings. The summed E-state index contributed by atoms with van der Waals surface area (Å²) in [4.78, 5) is 0. The Morgan fingerprint density at radius 2 is 1.27 bits per heavy atom. The molecule has 4 aliphatic carbocycles. The van der Waals surface area contributed by atoms with Crippen molar-refractivity contribution >= 4 is 0 Å². The van der Waals surface area contributed by atoms with Gasteiger partial charge in [-0.25, -0.2) is 0 Å². The predicted molar refractivity (Wildman–Crippen MR) is 107 cm³/mol. The summed E-state index contributed by atoms with van der Waals surface area (Å²) in [5.74, 6) is 2.75. The van der Waals surface area contributed by atoms with Crippen LogP contribution in [0.25, 0.3) is 0 Å². The van der Waals surface area contributed by atoms with E-state index in [2.05, 4.69) is 41.5 Å². The van der Waals surface area contributed by atoms with Crippen LogP contribution in [0, 0.1) is 17.8 Å². The topological polar surface area (TPSA) is 40.5 Å². The van der Waals surface area contributed by atoms with Gasteiger partial charge >= 0.3 is 0 Å². The highest BCUT2D eigenvalue weighted by atomic mass is 16.3. The molecule has 4 bridgehead atoms. The van der Waals surface area contributed by atoms with Crippen LogP contribution in [0.1, 0.15) is 96.8 Å². The predicted octanol–water partition coefficient (Wildman–Crippen LogP) is 6.16. The fourth-order valence-corrected chi connectivity index (χ4v) is 6.95. The van der Waals surface area contributed by atoms with Crippen molar-refractivity contribution in [2.24, 2.45) is 17.8 Å². The maximum Gasteiger partial charge on any atom is 0.161 e. The van der Waals surface area contributed by atoms with E-state index in [1.807, 2.05) is 6.07 Å². The standard InChI is InChI=1S/C24H36O2/c1-22(2,3)17-10-18(25)21(26)20(23(4,5)6)19(17)24-11-14-7-15(12-24)9-16(8-14)13-24/h10,14-16,25-26H,7-9,11-13H2,1-6H3. The van der Waals surface area contributed by atoms with Gasteiger partial charge in [0, 0.05) is 5.56 Å². The molecule has 26 heavy (non-hydrogen) atoms. The average molecular weight is 357 g/mol. The molecule has 144 valence electrons. The van der Waals surface area contributed by atoms with Gasteiger partial charge in [-0.05, 0) is 89.7 Å². The SMILES string of the molecule is CC(C)(C)c1cc(O)c(O)c(C(C)(C)C)c1C12CC3CC(CC(C3)C1)C2. The number of aromatic hydroxyl groups is 2. The van der Waals surface area contributed by atoms with E-state index in [9.17, 15) is 10.2 Å². The lowest BCUT2D eigenvalue weighted by Gasteiger charge is -2.58. The van der Waals surface area contributed by atoms with Gasteiger partial charge in [-0.1, -0.05) is 41.5 Å². The molecule has 1 aromatic carbocycles. The van der Waals surface area contributed by atoms with Crippen LogP contribution in [0.5, 0.6) is 11.5 Å². The van der Waals surface area contributed by atoms with Crippen LogP contribution in [0.15, 0.2) is 6.07 Å². The zero-order valence-corrected chi connectivity index (χ0v) is 17.4. The van der Waals surface area contributed by atoms with Crippen molar-refractivity contribution in [3.63, 3.8) is 0 Å². The molecule has 0 amide bonds. The van der Waals surface area contributed by atoms with Gasteiger partial charge in [0.2, 0.25) is 0 Å². The van der Waals surface area contributed by atoms with Crippen molar-refractivity contribution in [2.45, 2.75) is 96.3 Å². The van der Waals surface area contributed by atoms with Crippen LogP contribution in [0.4, 0.5) is 0 Å². The number of phenolic OH excluding ortho intramolecular Hbond substituents is 2. The first kappa shape index (κ1) is 18.2. The van der Waals surface area contributed by atoms with Gasteiger partial charge < -0.3 is 10.2 Å². The van der Waals surface area contributed by atoms with Crippen LogP contribution in [0.2, 0.25) is 0 Å². The Labute approximate surface area is 159 Å². The van der Waals surface area contributed by atoms with Crippen LogP contribution >= 0.6 is 0 Å². The molecule has 0 unspecified atom stereocenters. The largest absolute Gasteiger partial charge is 0.504 e.